The minimum Gasteiger partial charge on any atom is -0.392 e. The van der Waals surface area contributed by atoms with Crippen LogP contribution in [0, 0.1) is 17.8 Å². The Hall–Kier alpha value is -1.10. The highest BCUT2D eigenvalue weighted by Gasteiger charge is 2.75. The summed E-state index contributed by atoms with van der Waals surface area (Å²) in [5.41, 5.74) is 2.38. The molecule has 1 spiro atoms. The quantitative estimate of drug-likeness (QED) is 0.736. The van der Waals surface area contributed by atoms with Crippen molar-refractivity contribution < 1.29 is 10.2 Å². The Morgan fingerprint density at radius 2 is 2.09 bits per heavy atom. The Morgan fingerprint density at radius 3 is 2.91 bits per heavy atom. The minimum absolute atomic E-state index is 0.135. The van der Waals surface area contributed by atoms with Gasteiger partial charge in [0.2, 0.25) is 0 Å². The van der Waals surface area contributed by atoms with E-state index in [-0.39, 0.29) is 23.8 Å². The van der Waals surface area contributed by atoms with E-state index in [0.29, 0.717) is 29.8 Å². The van der Waals surface area contributed by atoms with Crippen LogP contribution >= 0.6 is 0 Å². The van der Waals surface area contributed by atoms with Crippen molar-refractivity contribution in [3.8, 4) is 0 Å². The van der Waals surface area contributed by atoms with Gasteiger partial charge >= 0.3 is 0 Å². The van der Waals surface area contributed by atoms with Gasteiger partial charge in [-0.3, -0.25) is 4.90 Å². The summed E-state index contributed by atoms with van der Waals surface area (Å²) in [5, 5.41) is 26.1. The van der Waals surface area contributed by atoms with Crippen LogP contribution in [0.25, 0.3) is 0 Å². The molecule has 4 heteroatoms. The second-order valence-electron chi connectivity index (χ2n) is 8.40. The van der Waals surface area contributed by atoms with Crippen LogP contribution < -0.4 is 5.32 Å². The van der Waals surface area contributed by atoms with Crippen molar-refractivity contribution in [2.45, 2.75) is 62.1 Å². The molecule has 4 nitrogen and oxygen atoms in total. The van der Waals surface area contributed by atoms with Crippen molar-refractivity contribution in [2.24, 2.45) is 17.8 Å². The SMILES string of the molecule is CC[C@H]1[C@@H]2CC3[C@@H]4Nc5ccccc5C45C[C@@H]([C@H]2[C@H]5O)N3[C@@H]1O. The zero-order valence-corrected chi connectivity index (χ0v) is 13.4. The number of hydrogen-bond acceptors (Lipinski definition) is 4. The van der Waals surface area contributed by atoms with Crippen LogP contribution in [0.1, 0.15) is 31.7 Å². The predicted octanol–water partition coefficient (Wildman–Crippen LogP) is 1.53. The fourth-order valence-electron chi connectivity index (χ4n) is 7.40. The highest BCUT2D eigenvalue weighted by molar-refractivity contribution is 5.65. The molecule has 3 N–H and O–H groups in total. The van der Waals surface area contributed by atoms with Gasteiger partial charge in [-0.05, 0) is 36.8 Å². The van der Waals surface area contributed by atoms with Gasteiger partial charge in [-0.25, -0.2) is 0 Å². The molecule has 7 rings (SSSR count). The summed E-state index contributed by atoms with van der Waals surface area (Å²) < 4.78 is 0. The number of rotatable bonds is 1. The Morgan fingerprint density at radius 1 is 1.26 bits per heavy atom. The molecule has 0 aromatic heterocycles. The molecule has 1 saturated carbocycles. The van der Waals surface area contributed by atoms with Crippen molar-refractivity contribution >= 4 is 5.69 Å². The molecular formula is C19H24N2O2. The molecule has 0 amide bonds. The first kappa shape index (κ1) is 13.2. The maximum absolute atomic E-state index is 11.5. The number of nitrogens with one attached hydrogen (secondary N) is 1. The topological polar surface area (TPSA) is 55.7 Å². The summed E-state index contributed by atoms with van der Waals surface area (Å²) in [5.74, 6) is 1.13. The largest absolute Gasteiger partial charge is 0.392 e. The Labute approximate surface area is 136 Å². The average molecular weight is 312 g/mol. The lowest BCUT2D eigenvalue weighted by Crippen LogP contribution is -2.71. The number of fused-ring (bicyclic) bond motifs is 2. The van der Waals surface area contributed by atoms with Gasteiger partial charge in [0.05, 0.1) is 12.1 Å². The van der Waals surface area contributed by atoms with Crippen molar-refractivity contribution in [1.82, 2.24) is 4.90 Å². The van der Waals surface area contributed by atoms with Crippen LogP contribution in [0.5, 0.6) is 0 Å². The van der Waals surface area contributed by atoms with Gasteiger partial charge in [0.15, 0.2) is 0 Å². The molecule has 5 bridgehead atoms. The molecule has 4 saturated heterocycles. The molecule has 10 atom stereocenters. The summed E-state index contributed by atoms with van der Waals surface area (Å²) in [4.78, 5) is 2.39. The smallest absolute Gasteiger partial charge is 0.111 e. The van der Waals surface area contributed by atoms with Crippen LogP contribution in [0.3, 0.4) is 0 Å². The summed E-state index contributed by atoms with van der Waals surface area (Å²) in [6.45, 7) is 2.18. The van der Waals surface area contributed by atoms with Crippen LogP contribution in [0.15, 0.2) is 24.3 Å². The summed E-state index contributed by atoms with van der Waals surface area (Å²) in [7, 11) is 0. The molecule has 1 aromatic rings. The number of benzene rings is 1. The molecule has 1 aliphatic carbocycles. The summed E-state index contributed by atoms with van der Waals surface area (Å²) in [6, 6.07) is 9.50. The van der Waals surface area contributed by atoms with Crippen LogP contribution in [0.2, 0.25) is 0 Å². The van der Waals surface area contributed by atoms with E-state index in [0.717, 1.165) is 19.3 Å². The zero-order valence-electron chi connectivity index (χ0n) is 13.4. The predicted molar refractivity (Wildman–Crippen MR) is 87.0 cm³/mol. The van der Waals surface area contributed by atoms with E-state index < -0.39 is 0 Å². The molecule has 3 unspecified atom stereocenters. The Kier molecular flexibility index (Phi) is 2.26. The van der Waals surface area contributed by atoms with Crippen molar-refractivity contribution in [3.05, 3.63) is 29.8 Å². The number of para-hydroxylation sites is 1. The third-order valence-electron chi connectivity index (χ3n) is 8.05. The van der Waals surface area contributed by atoms with Crippen LogP contribution in [0.4, 0.5) is 5.69 Å². The molecule has 1 aromatic carbocycles. The van der Waals surface area contributed by atoms with Gasteiger partial charge < -0.3 is 15.5 Å². The second kappa shape index (κ2) is 3.93. The lowest BCUT2D eigenvalue weighted by molar-refractivity contribution is -0.210. The van der Waals surface area contributed by atoms with Gasteiger partial charge in [-0.2, -0.15) is 0 Å². The number of hydrogen-bond donors (Lipinski definition) is 3. The monoisotopic (exact) mass is 312 g/mol. The van der Waals surface area contributed by atoms with Gasteiger partial charge in [-0.15, -0.1) is 0 Å². The molecule has 5 heterocycles. The fourth-order valence-corrected chi connectivity index (χ4v) is 7.40. The first-order valence-electron chi connectivity index (χ1n) is 9.18. The van der Waals surface area contributed by atoms with Crippen molar-refractivity contribution in [2.75, 3.05) is 5.32 Å². The zero-order chi connectivity index (χ0) is 15.5. The van der Waals surface area contributed by atoms with Gasteiger partial charge in [0, 0.05) is 35.0 Å². The second-order valence-corrected chi connectivity index (χ2v) is 8.40. The summed E-state index contributed by atoms with van der Waals surface area (Å²) in [6.07, 6.45) is 2.52. The third-order valence-corrected chi connectivity index (χ3v) is 8.05. The van der Waals surface area contributed by atoms with E-state index in [1.807, 2.05) is 0 Å². The van der Waals surface area contributed by atoms with Crippen LogP contribution in [-0.4, -0.2) is 45.6 Å². The number of aliphatic hydroxyl groups excluding tert-OH is 2. The number of aliphatic hydroxyl groups is 2. The fraction of sp³-hybridized carbons (Fsp3) is 0.684. The first-order valence-corrected chi connectivity index (χ1v) is 9.18. The number of anilines is 1. The molecule has 23 heavy (non-hydrogen) atoms. The molecule has 0 radical (unpaired) electrons. The van der Waals surface area contributed by atoms with Gasteiger partial charge in [0.25, 0.3) is 0 Å². The first-order chi connectivity index (χ1) is 11.2. The van der Waals surface area contributed by atoms with Gasteiger partial charge in [0.1, 0.15) is 6.23 Å². The van der Waals surface area contributed by atoms with E-state index in [1.165, 1.54) is 11.3 Å². The maximum atomic E-state index is 11.5. The third kappa shape index (κ3) is 1.20. The molecule has 122 valence electrons. The van der Waals surface area contributed by atoms with Crippen molar-refractivity contribution in [3.63, 3.8) is 0 Å². The lowest BCUT2D eigenvalue weighted by atomic mass is 9.63. The molecular weight excluding hydrogens is 288 g/mol. The summed E-state index contributed by atoms with van der Waals surface area (Å²) >= 11 is 0. The van der Waals surface area contributed by atoms with E-state index in [2.05, 4.69) is 41.4 Å². The Balaban J connectivity index is 1.57. The van der Waals surface area contributed by atoms with E-state index in [4.69, 9.17) is 0 Å². The maximum Gasteiger partial charge on any atom is 0.111 e. The standard InChI is InChI=1S/C19H24N2O2/c1-2-9-10-7-13-16-19(11-5-3-4-6-12(11)20-16)8-14(15(10)17(19)22)21(13)18(9)23/h3-6,9-10,13-18,20,22-23H,2,7-8H2,1H3/t9-,10-,13?,14-,15-,16-,17+,18+,19?/m0/s1. The lowest BCUT2D eigenvalue weighted by Gasteiger charge is -2.61. The average Bonchev–Trinajstić information content (AvgIpc) is 3.02. The normalized spacial score (nSPS) is 57.3. The van der Waals surface area contributed by atoms with E-state index in [9.17, 15) is 10.2 Å². The highest BCUT2D eigenvalue weighted by Crippen LogP contribution is 2.67. The van der Waals surface area contributed by atoms with Gasteiger partial charge in [-0.1, -0.05) is 25.1 Å². The molecule has 5 aliphatic heterocycles. The number of piperidine rings is 4. The Bertz CT molecular complexity index is 694. The van der Waals surface area contributed by atoms with Crippen LogP contribution in [-0.2, 0) is 5.41 Å². The molecule has 5 fully saturated rings. The van der Waals surface area contributed by atoms with E-state index >= 15 is 0 Å². The molecule has 6 aliphatic rings. The highest BCUT2D eigenvalue weighted by atomic mass is 16.3. The van der Waals surface area contributed by atoms with E-state index in [1.54, 1.807) is 0 Å². The van der Waals surface area contributed by atoms with Crippen molar-refractivity contribution in [1.29, 1.82) is 0 Å². The minimum atomic E-state index is -0.321. The number of nitrogens with zero attached hydrogens (tertiary/aromatic N) is 1.